The Labute approximate surface area is 75.3 Å². The summed E-state index contributed by atoms with van der Waals surface area (Å²) in [7, 11) is 0. The Morgan fingerprint density at radius 3 is 2.46 bits per heavy atom. The smallest absolute Gasteiger partial charge is 0.137 e. The van der Waals surface area contributed by atoms with Crippen LogP contribution in [0.2, 0.25) is 0 Å². The quantitative estimate of drug-likeness (QED) is 0.617. The van der Waals surface area contributed by atoms with Crippen LogP contribution >= 0.6 is 0 Å². The van der Waals surface area contributed by atoms with E-state index in [9.17, 15) is 5.11 Å². The van der Waals surface area contributed by atoms with E-state index in [1.54, 1.807) is 6.07 Å². The van der Waals surface area contributed by atoms with Gasteiger partial charge in [-0.25, -0.2) is 0 Å². The van der Waals surface area contributed by atoms with Gasteiger partial charge in [0.2, 0.25) is 0 Å². The fraction of sp³-hybridized carbons (Fsp3) is 0.222. The first-order valence-electron chi connectivity index (χ1n) is 3.75. The lowest BCUT2D eigenvalue weighted by Gasteiger charge is -2.04. The molecule has 0 spiro atoms. The average molecular weight is 179 g/mol. The third-order valence-corrected chi connectivity index (χ3v) is 1.70. The molecular formula is C9H9NO3. The van der Waals surface area contributed by atoms with Crippen molar-refractivity contribution < 1.29 is 15.3 Å². The minimum Gasteiger partial charge on any atom is -0.508 e. The molecule has 0 aromatic heterocycles. The number of rotatable bonds is 2. The number of nitriles is 1. The Morgan fingerprint density at radius 1 is 1.23 bits per heavy atom. The Balaban J connectivity index is 3.16. The SMILES string of the molecule is N#Cc1cc(CCO)c(O)cc1O. The minimum absolute atomic E-state index is 0.0984. The van der Waals surface area contributed by atoms with Gasteiger partial charge >= 0.3 is 0 Å². The van der Waals surface area contributed by atoms with Gasteiger partial charge in [0.15, 0.2) is 0 Å². The van der Waals surface area contributed by atoms with Crippen molar-refractivity contribution in [3.05, 3.63) is 23.3 Å². The molecule has 0 unspecified atom stereocenters. The Bertz CT molecular complexity index is 355. The van der Waals surface area contributed by atoms with Crippen LogP contribution < -0.4 is 0 Å². The molecule has 1 aromatic carbocycles. The number of nitrogens with zero attached hydrogens (tertiary/aromatic N) is 1. The molecule has 1 aromatic rings. The topological polar surface area (TPSA) is 84.5 Å². The predicted molar refractivity (Wildman–Crippen MR) is 45.3 cm³/mol. The molecule has 1 rings (SSSR count). The molecule has 0 radical (unpaired) electrons. The number of aromatic hydroxyl groups is 2. The second-order valence-corrected chi connectivity index (χ2v) is 2.58. The summed E-state index contributed by atoms with van der Waals surface area (Å²) in [6, 6.07) is 4.24. The molecular weight excluding hydrogens is 170 g/mol. The average Bonchev–Trinajstić information content (AvgIpc) is 2.10. The fourth-order valence-corrected chi connectivity index (χ4v) is 1.03. The number of aliphatic hydroxyl groups is 1. The lowest BCUT2D eigenvalue weighted by molar-refractivity contribution is 0.297. The third kappa shape index (κ3) is 1.89. The molecule has 0 aliphatic carbocycles. The second kappa shape index (κ2) is 3.78. The molecule has 0 fully saturated rings. The highest BCUT2D eigenvalue weighted by Crippen LogP contribution is 2.26. The van der Waals surface area contributed by atoms with Gasteiger partial charge in [0.1, 0.15) is 17.6 Å². The van der Waals surface area contributed by atoms with E-state index in [4.69, 9.17) is 15.5 Å². The Morgan fingerprint density at radius 2 is 1.92 bits per heavy atom. The van der Waals surface area contributed by atoms with Crippen molar-refractivity contribution in [3.63, 3.8) is 0 Å². The summed E-state index contributed by atoms with van der Waals surface area (Å²) >= 11 is 0. The van der Waals surface area contributed by atoms with Crippen LogP contribution in [0.4, 0.5) is 0 Å². The largest absolute Gasteiger partial charge is 0.508 e. The van der Waals surface area contributed by atoms with Gasteiger partial charge in [0, 0.05) is 12.7 Å². The molecule has 0 heterocycles. The normalized spacial score (nSPS) is 9.54. The first kappa shape index (κ1) is 9.36. The first-order chi connectivity index (χ1) is 6.19. The van der Waals surface area contributed by atoms with Crippen LogP contribution in [0.5, 0.6) is 11.5 Å². The number of phenolic OH excluding ortho intramolecular Hbond substituents is 2. The Kier molecular flexibility index (Phi) is 2.72. The van der Waals surface area contributed by atoms with Crippen LogP contribution in [0, 0.1) is 11.3 Å². The van der Waals surface area contributed by atoms with Gasteiger partial charge in [-0.05, 0) is 18.1 Å². The number of hydrogen-bond donors (Lipinski definition) is 3. The first-order valence-corrected chi connectivity index (χ1v) is 3.75. The lowest BCUT2D eigenvalue weighted by Crippen LogP contribution is -1.92. The standard InChI is InChI=1S/C9H9NO3/c10-5-7-3-6(1-2-11)8(12)4-9(7)13/h3-4,11-13H,1-2H2. The van der Waals surface area contributed by atoms with Crippen LogP contribution in [0.25, 0.3) is 0 Å². The number of phenols is 2. The van der Waals surface area contributed by atoms with E-state index in [0.29, 0.717) is 5.56 Å². The van der Waals surface area contributed by atoms with Gasteiger partial charge in [0.05, 0.1) is 5.56 Å². The molecule has 68 valence electrons. The van der Waals surface area contributed by atoms with Crippen molar-refractivity contribution in [2.45, 2.75) is 6.42 Å². The van der Waals surface area contributed by atoms with Crippen LogP contribution in [-0.2, 0) is 6.42 Å². The van der Waals surface area contributed by atoms with Gasteiger partial charge in [0.25, 0.3) is 0 Å². The van der Waals surface area contributed by atoms with Crippen LogP contribution in [0.1, 0.15) is 11.1 Å². The maximum absolute atomic E-state index is 9.26. The van der Waals surface area contributed by atoms with E-state index in [1.165, 1.54) is 6.07 Å². The van der Waals surface area contributed by atoms with Gasteiger partial charge in [-0.2, -0.15) is 5.26 Å². The highest BCUT2D eigenvalue weighted by atomic mass is 16.3. The van der Waals surface area contributed by atoms with Crippen molar-refractivity contribution >= 4 is 0 Å². The van der Waals surface area contributed by atoms with E-state index >= 15 is 0 Å². The molecule has 13 heavy (non-hydrogen) atoms. The molecule has 0 saturated carbocycles. The molecule has 0 aliphatic rings. The predicted octanol–water partition coefficient (Wildman–Crippen LogP) is 0.504. The van der Waals surface area contributed by atoms with E-state index < -0.39 is 0 Å². The summed E-state index contributed by atoms with van der Waals surface area (Å²) in [5, 5.41) is 35.6. The molecule has 0 aliphatic heterocycles. The van der Waals surface area contributed by atoms with Crippen LogP contribution in [-0.4, -0.2) is 21.9 Å². The molecule has 0 saturated heterocycles. The second-order valence-electron chi connectivity index (χ2n) is 2.58. The summed E-state index contributed by atoms with van der Waals surface area (Å²) in [5.41, 5.74) is 0.554. The number of benzene rings is 1. The Hall–Kier alpha value is -1.73. The molecule has 3 N–H and O–H groups in total. The van der Waals surface area contributed by atoms with Crippen molar-refractivity contribution in [2.75, 3.05) is 6.61 Å². The van der Waals surface area contributed by atoms with E-state index in [1.807, 2.05) is 0 Å². The van der Waals surface area contributed by atoms with Crippen molar-refractivity contribution in [2.24, 2.45) is 0 Å². The highest BCUT2D eigenvalue weighted by Gasteiger charge is 2.07. The van der Waals surface area contributed by atoms with Crippen molar-refractivity contribution in [1.29, 1.82) is 5.26 Å². The lowest BCUT2D eigenvalue weighted by atomic mass is 10.1. The summed E-state index contributed by atoms with van der Waals surface area (Å²) in [6.07, 6.45) is 0.265. The number of hydrogen-bond acceptors (Lipinski definition) is 4. The van der Waals surface area contributed by atoms with Gasteiger partial charge in [-0.1, -0.05) is 0 Å². The highest BCUT2D eigenvalue weighted by molar-refractivity contribution is 5.50. The monoisotopic (exact) mass is 179 g/mol. The maximum atomic E-state index is 9.26. The van der Waals surface area contributed by atoms with Crippen LogP contribution in [0.3, 0.4) is 0 Å². The van der Waals surface area contributed by atoms with Crippen LogP contribution in [0.15, 0.2) is 12.1 Å². The van der Waals surface area contributed by atoms with E-state index in [0.717, 1.165) is 6.07 Å². The molecule has 4 nitrogen and oxygen atoms in total. The molecule has 0 bridgehead atoms. The summed E-state index contributed by atoms with van der Waals surface area (Å²) in [6.45, 7) is -0.108. The zero-order valence-corrected chi connectivity index (χ0v) is 6.86. The fourth-order valence-electron chi connectivity index (χ4n) is 1.03. The van der Waals surface area contributed by atoms with Crippen molar-refractivity contribution in [3.8, 4) is 17.6 Å². The van der Waals surface area contributed by atoms with Gasteiger partial charge in [-0.3, -0.25) is 0 Å². The summed E-state index contributed by atoms with van der Waals surface area (Å²) in [5.74, 6) is -0.354. The molecule has 4 heteroatoms. The van der Waals surface area contributed by atoms with E-state index in [-0.39, 0.29) is 30.1 Å². The van der Waals surface area contributed by atoms with Gasteiger partial charge < -0.3 is 15.3 Å². The number of aliphatic hydroxyl groups excluding tert-OH is 1. The minimum atomic E-state index is -0.248. The zero-order chi connectivity index (χ0) is 9.84. The van der Waals surface area contributed by atoms with Crippen molar-refractivity contribution in [1.82, 2.24) is 0 Å². The maximum Gasteiger partial charge on any atom is 0.137 e. The zero-order valence-electron chi connectivity index (χ0n) is 6.86. The van der Waals surface area contributed by atoms with Gasteiger partial charge in [-0.15, -0.1) is 0 Å². The molecule has 0 amide bonds. The summed E-state index contributed by atoms with van der Waals surface area (Å²) < 4.78 is 0. The molecule has 0 atom stereocenters. The third-order valence-electron chi connectivity index (χ3n) is 1.70. The summed E-state index contributed by atoms with van der Waals surface area (Å²) in [4.78, 5) is 0. The van der Waals surface area contributed by atoms with E-state index in [2.05, 4.69) is 0 Å².